The predicted molar refractivity (Wildman–Crippen MR) is 357 cm³/mol. The van der Waals surface area contributed by atoms with E-state index in [1.807, 2.05) is 0 Å². The highest BCUT2D eigenvalue weighted by molar-refractivity contribution is 5.71. The SMILES string of the molecule is CC/C=C\C/C=C\C/C=C\C/C=C\C/C=C\C/C=C\CCCCCCCCC(=O)OCC(COC(=O)CCC/C=C\C/C=C\C/C=C\C/C=C\C/C=C\CC)OC(=O)CCCCCCCCCCCCCCCCCCCCCCCC. The molecule has 0 bridgehead atoms. The number of rotatable bonds is 61. The summed E-state index contributed by atoms with van der Waals surface area (Å²) in [6.45, 7) is 6.38. The van der Waals surface area contributed by atoms with E-state index in [2.05, 4.69) is 154 Å². The highest BCUT2D eigenvalue weighted by Crippen LogP contribution is 2.17. The molecule has 0 aromatic rings. The van der Waals surface area contributed by atoms with Crippen molar-refractivity contribution in [3.05, 3.63) is 134 Å². The van der Waals surface area contributed by atoms with Gasteiger partial charge in [-0.25, -0.2) is 0 Å². The molecular formula is C76H126O6. The zero-order valence-corrected chi connectivity index (χ0v) is 53.5. The highest BCUT2D eigenvalue weighted by atomic mass is 16.6. The van der Waals surface area contributed by atoms with Crippen molar-refractivity contribution in [2.75, 3.05) is 13.2 Å². The first-order valence-corrected chi connectivity index (χ1v) is 34.2. The van der Waals surface area contributed by atoms with Crippen LogP contribution >= 0.6 is 0 Å². The summed E-state index contributed by atoms with van der Waals surface area (Å²) in [4.78, 5) is 38.4. The second kappa shape index (κ2) is 69.0. The summed E-state index contributed by atoms with van der Waals surface area (Å²) in [6, 6.07) is 0. The molecule has 466 valence electrons. The van der Waals surface area contributed by atoms with Gasteiger partial charge in [0.1, 0.15) is 13.2 Å². The van der Waals surface area contributed by atoms with Crippen LogP contribution in [-0.4, -0.2) is 37.2 Å². The lowest BCUT2D eigenvalue weighted by molar-refractivity contribution is -0.167. The molecule has 82 heavy (non-hydrogen) atoms. The molecule has 0 fully saturated rings. The third-order valence-corrected chi connectivity index (χ3v) is 14.4. The number of unbranched alkanes of at least 4 members (excludes halogenated alkanes) is 28. The van der Waals surface area contributed by atoms with Crippen LogP contribution in [0, 0.1) is 0 Å². The third kappa shape index (κ3) is 66.4. The van der Waals surface area contributed by atoms with Gasteiger partial charge >= 0.3 is 17.9 Å². The zero-order chi connectivity index (χ0) is 59.2. The molecule has 0 spiro atoms. The molecule has 0 amide bonds. The highest BCUT2D eigenvalue weighted by Gasteiger charge is 2.19. The minimum absolute atomic E-state index is 0.105. The number of esters is 3. The average Bonchev–Trinajstić information content (AvgIpc) is 3.47. The summed E-state index contributed by atoms with van der Waals surface area (Å²) in [6.07, 6.45) is 97.6. The molecule has 1 unspecified atom stereocenters. The van der Waals surface area contributed by atoms with Crippen molar-refractivity contribution < 1.29 is 28.6 Å². The first-order chi connectivity index (χ1) is 40.5. The van der Waals surface area contributed by atoms with Crippen molar-refractivity contribution in [3.8, 4) is 0 Å². The molecule has 6 heteroatoms. The smallest absolute Gasteiger partial charge is 0.306 e. The van der Waals surface area contributed by atoms with Crippen LogP contribution in [0.1, 0.15) is 310 Å². The van der Waals surface area contributed by atoms with Gasteiger partial charge in [-0.15, -0.1) is 0 Å². The first-order valence-electron chi connectivity index (χ1n) is 34.2. The summed E-state index contributed by atoms with van der Waals surface area (Å²) in [5.41, 5.74) is 0. The molecular weight excluding hydrogens is 1010 g/mol. The van der Waals surface area contributed by atoms with E-state index >= 15 is 0 Å². The van der Waals surface area contributed by atoms with E-state index in [0.717, 1.165) is 128 Å². The maximum atomic E-state index is 13.0. The second-order valence-electron chi connectivity index (χ2n) is 22.3. The van der Waals surface area contributed by atoms with Crippen molar-refractivity contribution in [1.29, 1.82) is 0 Å². The Morgan fingerprint density at radius 1 is 0.256 bits per heavy atom. The van der Waals surface area contributed by atoms with Gasteiger partial charge in [-0.1, -0.05) is 315 Å². The fourth-order valence-corrected chi connectivity index (χ4v) is 9.37. The van der Waals surface area contributed by atoms with Crippen LogP contribution in [0.4, 0.5) is 0 Å². The Labute approximate surface area is 506 Å². The van der Waals surface area contributed by atoms with Crippen LogP contribution in [-0.2, 0) is 28.6 Å². The van der Waals surface area contributed by atoms with Crippen LogP contribution in [0.3, 0.4) is 0 Å². The Kier molecular flexibility index (Phi) is 65.3. The normalized spacial score (nSPS) is 13.0. The van der Waals surface area contributed by atoms with Crippen LogP contribution in [0.25, 0.3) is 0 Å². The molecule has 0 N–H and O–H groups in total. The molecule has 0 heterocycles. The molecule has 0 aliphatic heterocycles. The van der Waals surface area contributed by atoms with Gasteiger partial charge in [0, 0.05) is 19.3 Å². The Morgan fingerprint density at radius 3 is 0.793 bits per heavy atom. The van der Waals surface area contributed by atoms with Crippen LogP contribution in [0.5, 0.6) is 0 Å². The lowest BCUT2D eigenvalue weighted by Crippen LogP contribution is -2.30. The van der Waals surface area contributed by atoms with Crippen molar-refractivity contribution in [2.24, 2.45) is 0 Å². The van der Waals surface area contributed by atoms with Crippen molar-refractivity contribution >= 4 is 17.9 Å². The van der Waals surface area contributed by atoms with Gasteiger partial charge < -0.3 is 14.2 Å². The van der Waals surface area contributed by atoms with Crippen LogP contribution < -0.4 is 0 Å². The van der Waals surface area contributed by atoms with Crippen molar-refractivity contribution in [3.63, 3.8) is 0 Å². The lowest BCUT2D eigenvalue weighted by Gasteiger charge is -2.18. The summed E-state index contributed by atoms with van der Waals surface area (Å²) in [5.74, 6) is -0.970. The van der Waals surface area contributed by atoms with E-state index in [1.54, 1.807) is 0 Å². The van der Waals surface area contributed by atoms with Gasteiger partial charge in [0.2, 0.25) is 0 Å². The zero-order valence-electron chi connectivity index (χ0n) is 53.5. The summed E-state index contributed by atoms with van der Waals surface area (Å²) in [7, 11) is 0. The fraction of sp³-hybridized carbons (Fsp3) is 0.671. The van der Waals surface area contributed by atoms with E-state index in [1.165, 1.54) is 135 Å². The third-order valence-electron chi connectivity index (χ3n) is 14.4. The van der Waals surface area contributed by atoms with Crippen LogP contribution in [0.2, 0.25) is 0 Å². The fourth-order valence-electron chi connectivity index (χ4n) is 9.37. The maximum Gasteiger partial charge on any atom is 0.306 e. The largest absolute Gasteiger partial charge is 0.462 e. The van der Waals surface area contributed by atoms with E-state index in [9.17, 15) is 14.4 Å². The van der Waals surface area contributed by atoms with E-state index in [4.69, 9.17) is 14.2 Å². The van der Waals surface area contributed by atoms with E-state index in [-0.39, 0.29) is 37.5 Å². The number of carbonyl (C=O) groups excluding carboxylic acids is 3. The quantitative estimate of drug-likeness (QED) is 0.0261. The minimum atomic E-state index is -0.813. The Hall–Kier alpha value is -4.45. The van der Waals surface area contributed by atoms with Gasteiger partial charge in [0.25, 0.3) is 0 Å². The standard InChI is InChI=1S/C76H126O6/c1-4-7-10-13-16-19-22-25-28-31-33-35-37-38-39-41-42-45-48-51-54-57-60-63-66-69-75(78)81-72-73(71-80-74(77)68-65-62-59-56-53-50-47-44-30-27-24-21-18-15-12-9-6-3)82-76(79)70-67-64-61-58-55-52-49-46-43-40-36-34-32-29-26-23-20-17-14-11-8-5-2/h7,9-10,12,16,18-19,21,25,27-28,30,33,35,38-39,42,45,47,50,56,59,73H,4-6,8,11,13-15,17,20,22-24,26,29,31-32,34,36-37,40-41,43-44,46,48-49,51-55,57-58,60-72H2,1-3H3/b10-7-,12-9-,19-16-,21-18-,28-25-,30-27-,35-33-,39-38-,45-42-,50-47-,59-56-. The molecule has 0 saturated carbocycles. The van der Waals surface area contributed by atoms with Crippen molar-refractivity contribution in [2.45, 2.75) is 316 Å². The first kappa shape index (κ1) is 77.5. The molecule has 0 saturated heterocycles. The molecule has 0 radical (unpaired) electrons. The van der Waals surface area contributed by atoms with Gasteiger partial charge in [0.05, 0.1) is 0 Å². The Morgan fingerprint density at radius 2 is 0.488 bits per heavy atom. The molecule has 0 rings (SSSR count). The number of carbonyl (C=O) groups is 3. The Balaban J connectivity index is 4.45. The number of ether oxygens (including phenoxy) is 3. The topological polar surface area (TPSA) is 78.9 Å². The minimum Gasteiger partial charge on any atom is -0.462 e. The van der Waals surface area contributed by atoms with Crippen LogP contribution in [0.15, 0.2) is 134 Å². The molecule has 0 aromatic heterocycles. The lowest BCUT2D eigenvalue weighted by atomic mass is 10.0. The molecule has 0 aromatic carbocycles. The average molecular weight is 1140 g/mol. The molecule has 0 aliphatic carbocycles. The van der Waals surface area contributed by atoms with Gasteiger partial charge in [-0.3, -0.25) is 14.4 Å². The van der Waals surface area contributed by atoms with Gasteiger partial charge in [0.15, 0.2) is 6.10 Å². The monoisotopic (exact) mass is 1130 g/mol. The summed E-state index contributed by atoms with van der Waals surface area (Å²) in [5, 5.41) is 0. The Bertz CT molecular complexity index is 1730. The maximum absolute atomic E-state index is 13.0. The molecule has 6 nitrogen and oxygen atoms in total. The van der Waals surface area contributed by atoms with Gasteiger partial charge in [-0.2, -0.15) is 0 Å². The summed E-state index contributed by atoms with van der Waals surface area (Å²) < 4.78 is 16.9. The number of allylic oxidation sites excluding steroid dienone is 22. The second-order valence-corrected chi connectivity index (χ2v) is 22.3. The molecule has 1 atom stereocenters. The van der Waals surface area contributed by atoms with E-state index in [0.29, 0.717) is 19.3 Å². The predicted octanol–water partition coefficient (Wildman–Crippen LogP) is 23.7. The van der Waals surface area contributed by atoms with Gasteiger partial charge in [-0.05, 0) is 109 Å². The van der Waals surface area contributed by atoms with Crippen molar-refractivity contribution in [1.82, 2.24) is 0 Å². The van der Waals surface area contributed by atoms with E-state index < -0.39 is 6.10 Å². The number of hydrogen-bond donors (Lipinski definition) is 0. The summed E-state index contributed by atoms with van der Waals surface area (Å²) >= 11 is 0. The molecule has 0 aliphatic rings. The number of hydrogen-bond acceptors (Lipinski definition) is 6.